The van der Waals surface area contributed by atoms with Crippen LogP contribution in [-0.2, 0) is 6.54 Å². The molecule has 0 aliphatic heterocycles. The van der Waals surface area contributed by atoms with Crippen molar-refractivity contribution in [3.05, 3.63) is 54.3 Å². The number of benzene rings is 2. The van der Waals surface area contributed by atoms with Crippen molar-refractivity contribution >= 4 is 17.0 Å². The van der Waals surface area contributed by atoms with Gasteiger partial charge < -0.3 is 19.7 Å². The number of hydrogen-bond donors (Lipinski definition) is 2. The van der Waals surface area contributed by atoms with E-state index in [2.05, 4.69) is 14.9 Å². The van der Waals surface area contributed by atoms with Crippen LogP contribution in [0.4, 0.5) is 10.3 Å². The van der Waals surface area contributed by atoms with Crippen LogP contribution >= 0.6 is 0 Å². The SMILES string of the molecule is OCCNc1nc2ccccc2n1CCCOc1ccc(F)cc1. The number of imidazole rings is 1. The normalized spacial score (nSPS) is 10.9. The van der Waals surface area contributed by atoms with E-state index >= 15 is 0 Å². The third-order valence-electron chi connectivity index (χ3n) is 3.66. The Morgan fingerprint density at radius 2 is 1.92 bits per heavy atom. The van der Waals surface area contributed by atoms with Crippen molar-refractivity contribution in [2.75, 3.05) is 25.1 Å². The summed E-state index contributed by atoms with van der Waals surface area (Å²) in [5.74, 6) is 1.13. The van der Waals surface area contributed by atoms with Gasteiger partial charge in [0.25, 0.3) is 0 Å². The third-order valence-corrected chi connectivity index (χ3v) is 3.66. The molecule has 0 bridgehead atoms. The zero-order valence-electron chi connectivity index (χ0n) is 13.3. The topological polar surface area (TPSA) is 59.3 Å². The number of rotatable bonds is 8. The Hall–Kier alpha value is -2.60. The fourth-order valence-electron chi connectivity index (χ4n) is 2.55. The molecule has 0 spiro atoms. The molecule has 0 radical (unpaired) electrons. The van der Waals surface area contributed by atoms with Crippen LogP contribution in [0.2, 0.25) is 0 Å². The largest absolute Gasteiger partial charge is 0.494 e. The van der Waals surface area contributed by atoms with Crippen LogP contribution < -0.4 is 10.1 Å². The molecule has 0 fully saturated rings. The monoisotopic (exact) mass is 329 g/mol. The molecule has 1 aromatic heterocycles. The van der Waals surface area contributed by atoms with E-state index < -0.39 is 0 Å². The minimum Gasteiger partial charge on any atom is -0.494 e. The first-order valence-corrected chi connectivity index (χ1v) is 7.96. The van der Waals surface area contributed by atoms with Gasteiger partial charge in [0.15, 0.2) is 0 Å². The van der Waals surface area contributed by atoms with Gasteiger partial charge in [-0.3, -0.25) is 0 Å². The molecule has 126 valence electrons. The molecule has 2 N–H and O–H groups in total. The molecule has 3 rings (SSSR count). The van der Waals surface area contributed by atoms with Gasteiger partial charge in [-0.1, -0.05) is 12.1 Å². The average Bonchev–Trinajstić information content (AvgIpc) is 2.96. The maximum Gasteiger partial charge on any atom is 0.203 e. The summed E-state index contributed by atoms with van der Waals surface area (Å²) >= 11 is 0. The molecule has 5 nitrogen and oxygen atoms in total. The van der Waals surface area contributed by atoms with Crippen LogP contribution in [-0.4, -0.2) is 34.4 Å². The van der Waals surface area contributed by atoms with E-state index in [1.807, 2.05) is 24.3 Å². The van der Waals surface area contributed by atoms with Crippen molar-refractivity contribution in [3.63, 3.8) is 0 Å². The highest BCUT2D eigenvalue weighted by molar-refractivity contribution is 5.78. The molecular weight excluding hydrogens is 309 g/mol. The Labute approximate surface area is 139 Å². The van der Waals surface area contributed by atoms with Crippen molar-refractivity contribution < 1.29 is 14.2 Å². The fourth-order valence-corrected chi connectivity index (χ4v) is 2.55. The summed E-state index contributed by atoms with van der Waals surface area (Å²) in [6.45, 7) is 1.76. The van der Waals surface area contributed by atoms with E-state index in [4.69, 9.17) is 9.84 Å². The van der Waals surface area contributed by atoms with Gasteiger partial charge in [-0.25, -0.2) is 9.37 Å². The maximum absolute atomic E-state index is 12.9. The summed E-state index contributed by atoms with van der Waals surface area (Å²) in [5.41, 5.74) is 1.96. The van der Waals surface area contributed by atoms with Gasteiger partial charge in [-0.2, -0.15) is 0 Å². The lowest BCUT2D eigenvalue weighted by atomic mass is 10.3. The number of nitrogens with zero attached hydrogens (tertiary/aromatic N) is 2. The second kappa shape index (κ2) is 7.79. The van der Waals surface area contributed by atoms with Crippen LogP contribution in [0.5, 0.6) is 5.75 Å². The molecule has 6 heteroatoms. The number of halogens is 1. The summed E-state index contributed by atoms with van der Waals surface area (Å²) in [7, 11) is 0. The predicted octanol–water partition coefficient (Wildman–Crippen LogP) is 3.05. The Morgan fingerprint density at radius 1 is 1.12 bits per heavy atom. The lowest BCUT2D eigenvalue weighted by Gasteiger charge is -2.11. The predicted molar refractivity (Wildman–Crippen MR) is 91.8 cm³/mol. The second-order valence-corrected chi connectivity index (χ2v) is 5.38. The summed E-state index contributed by atoms with van der Waals surface area (Å²) < 4.78 is 20.6. The molecule has 0 unspecified atom stereocenters. The van der Waals surface area contributed by atoms with Crippen molar-refractivity contribution in [1.82, 2.24) is 9.55 Å². The number of hydrogen-bond acceptors (Lipinski definition) is 4. The van der Waals surface area contributed by atoms with E-state index in [-0.39, 0.29) is 12.4 Å². The highest BCUT2D eigenvalue weighted by Crippen LogP contribution is 2.20. The van der Waals surface area contributed by atoms with E-state index in [0.717, 1.165) is 29.9 Å². The Balaban J connectivity index is 1.64. The van der Waals surface area contributed by atoms with Gasteiger partial charge in [0.05, 0.1) is 24.2 Å². The van der Waals surface area contributed by atoms with Crippen molar-refractivity contribution in [1.29, 1.82) is 0 Å². The maximum atomic E-state index is 12.9. The van der Waals surface area contributed by atoms with Crippen LogP contribution in [0.25, 0.3) is 11.0 Å². The van der Waals surface area contributed by atoms with Crippen molar-refractivity contribution in [3.8, 4) is 5.75 Å². The molecule has 1 heterocycles. The Bertz CT molecular complexity index is 787. The number of aliphatic hydroxyl groups excluding tert-OH is 1. The first-order valence-electron chi connectivity index (χ1n) is 7.96. The van der Waals surface area contributed by atoms with Crippen LogP contribution in [0.3, 0.4) is 0 Å². The third kappa shape index (κ3) is 3.83. The number of para-hydroxylation sites is 2. The summed E-state index contributed by atoms with van der Waals surface area (Å²) in [6, 6.07) is 13.9. The van der Waals surface area contributed by atoms with Crippen LogP contribution in [0, 0.1) is 5.82 Å². The minimum absolute atomic E-state index is 0.0525. The van der Waals surface area contributed by atoms with Gasteiger partial charge in [0.1, 0.15) is 11.6 Å². The van der Waals surface area contributed by atoms with E-state index in [1.54, 1.807) is 12.1 Å². The van der Waals surface area contributed by atoms with E-state index in [9.17, 15) is 4.39 Å². The van der Waals surface area contributed by atoms with E-state index in [0.29, 0.717) is 18.9 Å². The number of aliphatic hydroxyl groups is 1. The summed E-state index contributed by atoms with van der Waals surface area (Å²) in [5, 5.41) is 12.1. The molecule has 0 saturated carbocycles. The molecule has 2 aromatic carbocycles. The Kier molecular flexibility index (Phi) is 5.28. The zero-order valence-corrected chi connectivity index (χ0v) is 13.3. The summed E-state index contributed by atoms with van der Waals surface area (Å²) in [4.78, 5) is 4.56. The molecular formula is C18H20FN3O2. The van der Waals surface area contributed by atoms with Crippen molar-refractivity contribution in [2.24, 2.45) is 0 Å². The number of nitrogens with one attached hydrogen (secondary N) is 1. The molecule has 0 amide bonds. The molecule has 24 heavy (non-hydrogen) atoms. The first kappa shape index (κ1) is 16.3. The van der Waals surface area contributed by atoms with Gasteiger partial charge in [0.2, 0.25) is 5.95 Å². The fraction of sp³-hybridized carbons (Fsp3) is 0.278. The lowest BCUT2D eigenvalue weighted by molar-refractivity contribution is 0.301. The van der Waals surface area contributed by atoms with Gasteiger partial charge in [0, 0.05) is 13.1 Å². The highest BCUT2D eigenvalue weighted by Gasteiger charge is 2.09. The zero-order chi connectivity index (χ0) is 16.8. The standard InChI is InChI=1S/C18H20FN3O2/c19-14-6-8-15(9-7-14)24-13-3-11-22-17-5-2-1-4-16(17)21-18(22)20-10-12-23/h1-2,4-9,23H,3,10-13H2,(H,20,21). The molecule has 3 aromatic rings. The first-order chi connectivity index (χ1) is 11.8. The number of aryl methyl sites for hydroxylation is 1. The van der Waals surface area contributed by atoms with Crippen LogP contribution in [0.1, 0.15) is 6.42 Å². The number of ether oxygens (including phenoxy) is 1. The van der Waals surface area contributed by atoms with Gasteiger partial charge in [-0.15, -0.1) is 0 Å². The van der Waals surface area contributed by atoms with Crippen molar-refractivity contribution in [2.45, 2.75) is 13.0 Å². The quantitative estimate of drug-likeness (QED) is 0.624. The highest BCUT2D eigenvalue weighted by atomic mass is 19.1. The summed E-state index contributed by atoms with van der Waals surface area (Å²) in [6.07, 6.45) is 0.783. The molecule has 0 atom stereocenters. The molecule has 0 aliphatic carbocycles. The van der Waals surface area contributed by atoms with Gasteiger partial charge in [-0.05, 0) is 42.8 Å². The van der Waals surface area contributed by atoms with Gasteiger partial charge >= 0.3 is 0 Å². The molecule has 0 saturated heterocycles. The molecule has 0 aliphatic rings. The second-order valence-electron chi connectivity index (χ2n) is 5.38. The Morgan fingerprint density at radius 3 is 2.71 bits per heavy atom. The lowest BCUT2D eigenvalue weighted by Crippen LogP contribution is -2.12. The van der Waals surface area contributed by atoms with Crippen LogP contribution in [0.15, 0.2) is 48.5 Å². The average molecular weight is 329 g/mol. The minimum atomic E-state index is -0.271. The number of aromatic nitrogens is 2. The smallest absolute Gasteiger partial charge is 0.203 e. The number of fused-ring (bicyclic) bond motifs is 1. The number of anilines is 1. The van der Waals surface area contributed by atoms with E-state index in [1.165, 1.54) is 12.1 Å².